The molecule has 2 N–H and O–H groups in total. The van der Waals surface area contributed by atoms with E-state index >= 15 is 0 Å². The molecule has 112 valence electrons. The fourth-order valence-electron chi connectivity index (χ4n) is 1.97. The van der Waals surface area contributed by atoms with E-state index in [9.17, 15) is 4.79 Å². The van der Waals surface area contributed by atoms with Crippen LogP contribution in [-0.2, 0) is 6.54 Å². The highest BCUT2D eigenvalue weighted by Gasteiger charge is 2.12. The van der Waals surface area contributed by atoms with Crippen molar-refractivity contribution >= 4 is 11.6 Å². The maximum Gasteiger partial charge on any atom is 0.253 e. The second-order valence-electron chi connectivity index (χ2n) is 4.47. The highest BCUT2D eigenvalue weighted by molar-refractivity contribution is 5.99. The van der Waals surface area contributed by atoms with E-state index < -0.39 is 0 Å². The minimum atomic E-state index is -0.162. The number of aromatic nitrogens is 2. The molecule has 0 saturated carbocycles. The molecule has 0 saturated heterocycles. The van der Waals surface area contributed by atoms with Gasteiger partial charge in [0.2, 0.25) is 11.7 Å². The smallest absolute Gasteiger partial charge is 0.253 e. The molecule has 7 nitrogen and oxygen atoms in total. The normalized spacial score (nSPS) is 10.4. The summed E-state index contributed by atoms with van der Waals surface area (Å²) in [6, 6.07) is 10.7. The maximum atomic E-state index is 11.8. The molecule has 0 radical (unpaired) electrons. The quantitative estimate of drug-likeness (QED) is 0.750. The van der Waals surface area contributed by atoms with Gasteiger partial charge in [-0.1, -0.05) is 17.3 Å². The van der Waals surface area contributed by atoms with E-state index in [1.807, 2.05) is 12.1 Å². The summed E-state index contributed by atoms with van der Waals surface area (Å²) in [4.78, 5) is 16.0. The molecule has 7 heteroatoms. The molecule has 0 aliphatic carbocycles. The molecule has 3 aromatic rings. The van der Waals surface area contributed by atoms with Crippen LogP contribution in [0.15, 0.2) is 51.6 Å². The van der Waals surface area contributed by atoms with Gasteiger partial charge in [-0.25, -0.2) is 0 Å². The minimum absolute atomic E-state index is 0.162. The second-order valence-corrected chi connectivity index (χ2v) is 4.47. The molecule has 0 fully saturated rings. The Bertz CT molecular complexity index is 765. The summed E-state index contributed by atoms with van der Waals surface area (Å²) in [6.07, 6.45) is 1.54. The Morgan fingerprint density at radius 2 is 2.09 bits per heavy atom. The van der Waals surface area contributed by atoms with Crippen molar-refractivity contribution < 1.29 is 13.7 Å². The van der Waals surface area contributed by atoms with Gasteiger partial charge in [-0.3, -0.25) is 4.79 Å². The summed E-state index contributed by atoms with van der Waals surface area (Å²) in [5.74, 6) is 1.17. The molecule has 1 amide bonds. The summed E-state index contributed by atoms with van der Waals surface area (Å²) in [5, 5.41) is 9.56. The molecule has 3 rings (SSSR count). The number of nitrogens with zero attached hydrogens (tertiary/aromatic N) is 2. The van der Waals surface area contributed by atoms with E-state index in [2.05, 4.69) is 20.8 Å². The zero-order chi connectivity index (χ0) is 15.4. The number of hydrogen-bond donors (Lipinski definition) is 2. The van der Waals surface area contributed by atoms with Crippen LogP contribution in [0, 0.1) is 0 Å². The van der Waals surface area contributed by atoms with Gasteiger partial charge >= 0.3 is 0 Å². The van der Waals surface area contributed by atoms with E-state index in [1.54, 1.807) is 37.6 Å². The van der Waals surface area contributed by atoms with Crippen LogP contribution in [0.1, 0.15) is 16.2 Å². The van der Waals surface area contributed by atoms with E-state index in [4.69, 9.17) is 8.94 Å². The van der Waals surface area contributed by atoms with Crippen molar-refractivity contribution in [2.45, 2.75) is 6.54 Å². The lowest BCUT2D eigenvalue weighted by atomic mass is 10.1. The van der Waals surface area contributed by atoms with E-state index in [0.717, 1.165) is 0 Å². The van der Waals surface area contributed by atoms with Crippen molar-refractivity contribution in [3.05, 3.63) is 54.1 Å². The van der Waals surface area contributed by atoms with Crippen LogP contribution in [0.3, 0.4) is 0 Å². The average molecular weight is 298 g/mol. The van der Waals surface area contributed by atoms with E-state index in [-0.39, 0.29) is 5.91 Å². The zero-order valence-electron chi connectivity index (χ0n) is 11.9. The standard InChI is InChI=1S/C15H14N4O3/c1-16-15(20)10-5-2-3-6-11(10)17-9-13-18-14(19-22-13)12-7-4-8-21-12/h2-8,17H,9H2,1H3,(H,16,20). The second kappa shape index (κ2) is 6.13. The number of anilines is 1. The van der Waals surface area contributed by atoms with Crippen LogP contribution in [0.4, 0.5) is 5.69 Å². The molecule has 0 aliphatic heterocycles. The van der Waals surface area contributed by atoms with Crippen molar-refractivity contribution in [2.75, 3.05) is 12.4 Å². The van der Waals surface area contributed by atoms with E-state index in [1.165, 1.54) is 0 Å². The third-order valence-electron chi connectivity index (χ3n) is 3.04. The molecule has 1 aromatic carbocycles. The molecule has 0 atom stereocenters. The minimum Gasteiger partial charge on any atom is -0.461 e. The summed E-state index contributed by atoms with van der Waals surface area (Å²) in [7, 11) is 1.59. The fraction of sp³-hybridized carbons (Fsp3) is 0.133. The lowest BCUT2D eigenvalue weighted by Crippen LogP contribution is -2.19. The van der Waals surface area contributed by atoms with Gasteiger partial charge < -0.3 is 19.6 Å². The number of nitrogens with one attached hydrogen (secondary N) is 2. The maximum absolute atomic E-state index is 11.8. The van der Waals surface area contributed by atoms with Crippen LogP contribution < -0.4 is 10.6 Å². The SMILES string of the molecule is CNC(=O)c1ccccc1NCc1nc(-c2ccco2)no1. The number of furan rings is 1. The van der Waals surface area contributed by atoms with Gasteiger partial charge in [-0.2, -0.15) is 4.98 Å². The van der Waals surface area contributed by atoms with Crippen LogP contribution in [0.5, 0.6) is 0 Å². The van der Waals surface area contributed by atoms with Crippen LogP contribution in [0.2, 0.25) is 0 Å². The highest BCUT2D eigenvalue weighted by atomic mass is 16.5. The van der Waals surface area contributed by atoms with Crippen LogP contribution in [-0.4, -0.2) is 23.1 Å². The van der Waals surface area contributed by atoms with Gasteiger partial charge in [-0.05, 0) is 24.3 Å². The Kier molecular flexibility index (Phi) is 3.86. The summed E-state index contributed by atoms with van der Waals surface area (Å²) >= 11 is 0. The number of benzene rings is 1. The lowest BCUT2D eigenvalue weighted by molar-refractivity contribution is 0.0964. The highest BCUT2D eigenvalue weighted by Crippen LogP contribution is 2.18. The van der Waals surface area contributed by atoms with Gasteiger partial charge in [-0.15, -0.1) is 0 Å². The van der Waals surface area contributed by atoms with E-state index in [0.29, 0.717) is 35.3 Å². The van der Waals surface area contributed by atoms with Gasteiger partial charge in [0, 0.05) is 12.7 Å². The number of hydrogen-bond acceptors (Lipinski definition) is 6. The molecule has 0 bridgehead atoms. The predicted octanol–water partition coefficient (Wildman–Crippen LogP) is 2.30. The Hall–Kier alpha value is -3.09. The first-order chi connectivity index (χ1) is 10.8. The molecule has 0 unspecified atom stereocenters. The van der Waals surface area contributed by atoms with Gasteiger partial charge in [0.25, 0.3) is 5.91 Å². The zero-order valence-corrected chi connectivity index (χ0v) is 11.9. The largest absolute Gasteiger partial charge is 0.461 e. The Balaban J connectivity index is 1.72. The number of carbonyl (C=O) groups is 1. The van der Waals surface area contributed by atoms with Crippen molar-refractivity contribution in [3.8, 4) is 11.6 Å². The van der Waals surface area contributed by atoms with Crippen LogP contribution >= 0.6 is 0 Å². The van der Waals surface area contributed by atoms with Crippen molar-refractivity contribution in [3.63, 3.8) is 0 Å². The number of para-hydroxylation sites is 1. The third kappa shape index (κ3) is 2.83. The fourth-order valence-corrected chi connectivity index (χ4v) is 1.97. The summed E-state index contributed by atoms with van der Waals surface area (Å²) < 4.78 is 10.4. The van der Waals surface area contributed by atoms with Crippen LogP contribution in [0.25, 0.3) is 11.6 Å². The molecular formula is C15H14N4O3. The summed E-state index contributed by atoms with van der Waals surface area (Å²) in [6.45, 7) is 0.307. The lowest BCUT2D eigenvalue weighted by Gasteiger charge is -2.08. The Labute approximate surface area is 126 Å². The molecule has 2 aromatic heterocycles. The number of rotatable bonds is 5. The molecular weight excluding hydrogens is 284 g/mol. The number of amides is 1. The predicted molar refractivity (Wildman–Crippen MR) is 79.2 cm³/mol. The Morgan fingerprint density at radius 3 is 2.86 bits per heavy atom. The van der Waals surface area contributed by atoms with Crippen molar-refractivity contribution in [2.24, 2.45) is 0 Å². The van der Waals surface area contributed by atoms with Crippen molar-refractivity contribution in [1.82, 2.24) is 15.5 Å². The topological polar surface area (TPSA) is 93.2 Å². The third-order valence-corrected chi connectivity index (χ3v) is 3.04. The van der Waals surface area contributed by atoms with Gasteiger partial charge in [0.05, 0.1) is 18.4 Å². The molecule has 22 heavy (non-hydrogen) atoms. The molecule has 0 spiro atoms. The molecule has 2 heterocycles. The van der Waals surface area contributed by atoms with Gasteiger partial charge in [0.1, 0.15) is 0 Å². The summed E-state index contributed by atoms with van der Waals surface area (Å²) in [5.41, 5.74) is 1.25. The van der Waals surface area contributed by atoms with Gasteiger partial charge in [0.15, 0.2) is 5.76 Å². The first kappa shape index (κ1) is 13.9. The van der Waals surface area contributed by atoms with Crippen molar-refractivity contribution in [1.29, 1.82) is 0 Å². The first-order valence-electron chi connectivity index (χ1n) is 6.69. The average Bonchev–Trinajstić information content (AvgIpc) is 3.23. The first-order valence-corrected chi connectivity index (χ1v) is 6.69. The molecule has 0 aliphatic rings. The monoisotopic (exact) mass is 298 g/mol. The Morgan fingerprint density at radius 1 is 1.23 bits per heavy atom. The number of carbonyl (C=O) groups excluding carboxylic acids is 1.